The van der Waals surface area contributed by atoms with Crippen molar-refractivity contribution < 1.29 is 14.3 Å². The van der Waals surface area contributed by atoms with Gasteiger partial charge in [-0.1, -0.05) is 0 Å². The number of amides is 1. The van der Waals surface area contributed by atoms with Crippen LogP contribution in [0.25, 0.3) is 11.0 Å². The lowest BCUT2D eigenvalue weighted by Gasteiger charge is -2.41. The molecule has 4 rings (SSSR count). The number of carbonyl (C=O) groups is 1. The van der Waals surface area contributed by atoms with Crippen LogP contribution in [-0.4, -0.2) is 62.7 Å². The zero-order valence-corrected chi connectivity index (χ0v) is 17.5. The minimum Gasteiger partial charge on any atom is -0.386 e. The number of pyridine rings is 1. The van der Waals surface area contributed by atoms with Crippen LogP contribution in [0.1, 0.15) is 29.0 Å². The first-order valence-corrected chi connectivity index (χ1v) is 10.0. The average molecular weight is 411 g/mol. The highest BCUT2D eigenvalue weighted by atomic mass is 19.1. The van der Waals surface area contributed by atoms with Crippen molar-refractivity contribution in [3.63, 3.8) is 0 Å². The Morgan fingerprint density at radius 1 is 1.33 bits per heavy atom. The molecule has 0 unspecified atom stereocenters. The molecule has 30 heavy (non-hydrogen) atoms. The monoisotopic (exact) mass is 411 g/mol. The second-order valence-electron chi connectivity index (χ2n) is 8.17. The number of aromatic nitrogens is 3. The minimum atomic E-state index is -1.07. The van der Waals surface area contributed by atoms with Crippen LogP contribution in [0.2, 0.25) is 0 Å². The Kier molecular flexibility index (Phi) is 5.19. The topological polar surface area (TPSA) is 74.5 Å². The van der Waals surface area contributed by atoms with Gasteiger partial charge in [0, 0.05) is 32.7 Å². The second-order valence-corrected chi connectivity index (χ2v) is 8.17. The summed E-state index contributed by atoms with van der Waals surface area (Å²) < 4.78 is 15.2. The number of hydrogen-bond donors (Lipinski definition) is 1. The first-order chi connectivity index (χ1) is 14.3. The molecule has 1 aromatic carbocycles. The highest BCUT2D eigenvalue weighted by molar-refractivity contribution is 5.97. The summed E-state index contributed by atoms with van der Waals surface area (Å²) in [7, 11) is 3.64. The summed E-state index contributed by atoms with van der Waals surface area (Å²) in [4.78, 5) is 25.1. The lowest BCUT2D eigenvalue weighted by Crippen LogP contribution is -2.54. The molecule has 1 fully saturated rings. The molecule has 3 aromatic rings. The van der Waals surface area contributed by atoms with Gasteiger partial charge in [-0.3, -0.25) is 4.79 Å². The van der Waals surface area contributed by atoms with Crippen molar-refractivity contribution in [1.29, 1.82) is 0 Å². The molecular formula is C22H26FN5O2. The maximum absolute atomic E-state index is 13.2. The molecule has 0 aliphatic carbocycles. The molecule has 0 radical (unpaired) electrons. The number of piperidine rings is 1. The fraction of sp³-hybridized carbons (Fsp3) is 0.409. The van der Waals surface area contributed by atoms with Crippen LogP contribution in [0.3, 0.4) is 0 Å². The quantitative estimate of drug-likeness (QED) is 0.714. The van der Waals surface area contributed by atoms with E-state index >= 15 is 0 Å². The van der Waals surface area contributed by atoms with Crippen molar-refractivity contribution >= 4 is 22.8 Å². The first kappa shape index (κ1) is 20.3. The van der Waals surface area contributed by atoms with Gasteiger partial charge in [0.05, 0.1) is 29.4 Å². The molecular weight excluding hydrogens is 385 g/mol. The number of imidazole rings is 1. The lowest BCUT2D eigenvalue weighted by molar-refractivity contribution is -0.000130. The number of anilines is 1. The average Bonchev–Trinajstić information content (AvgIpc) is 3.00. The summed E-state index contributed by atoms with van der Waals surface area (Å²) in [6.07, 6.45) is 2.52. The van der Waals surface area contributed by atoms with E-state index in [2.05, 4.69) is 9.97 Å². The Balaban J connectivity index is 1.48. The summed E-state index contributed by atoms with van der Waals surface area (Å²) in [6, 6.07) is 8.46. The molecule has 8 heteroatoms. The van der Waals surface area contributed by atoms with Crippen LogP contribution in [0, 0.1) is 12.7 Å². The number of aryl methyl sites for hydroxylation is 2. The van der Waals surface area contributed by atoms with Crippen LogP contribution >= 0.6 is 0 Å². The van der Waals surface area contributed by atoms with E-state index in [9.17, 15) is 14.3 Å². The van der Waals surface area contributed by atoms with Crippen molar-refractivity contribution in [1.82, 2.24) is 19.4 Å². The molecule has 2 aromatic heterocycles. The van der Waals surface area contributed by atoms with Gasteiger partial charge in [0.2, 0.25) is 0 Å². The van der Waals surface area contributed by atoms with Crippen LogP contribution in [0.4, 0.5) is 10.2 Å². The molecule has 0 saturated carbocycles. The van der Waals surface area contributed by atoms with Gasteiger partial charge < -0.3 is 19.5 Å². The molecule has 7 nitrogen and oxygen atoms in total. The van der Waals surface area contributed by atoms with Crippen molar-refractivity contribution in [2.24, 2.45) is 7.05 Å². The van der Waals surface area contributed by atoms with E-state index < -0.39 is 11.4 Å². The normalized spacial score (nSPS) is 19.3. The van der Waals surface area contributed by atoms with Gasteiger partial charge in [-0.2, -0.15) is 0 Å². The lowest BCUT2D eigenvalue weighted by atomic mass is 9.92. The maximum atomic E-state index is 13.2. The van der Waals surface area contributed by atoms with Gasteiger partial charge in [-0.25, -0.2) is 14.4 Å². The van der Waals surface area contributed by atoms with Crippen molar-refractivity contribution in [3.05, 3.63) is 53.7 Å². The van der Waals surface area contributed by atoms with E-state index in [1.54, 1.807) is 30.1 Å². The Hall–Kier alpha value is -3.00. The van der Waals surface area contributed by atoms with Gasteiger partial charge in [0.15, 0.2) is 0 Å². The number of likely N-dealkylation sites (N-methyl/N-ethyl adjacent to an activating group) is 1. The molecule has 0 spiro atoms. The largest absolute Gasteiger partial charge is 0.386 e. The smallest absolute Gasteiger partial charge is 0.253 e. The number of nitrogens with zero attached hydrogens (tertiary/aromatic N) is 5. The van der Waals surface area contributed by atoms with Gasteiger partial charge in [-0.05, 0) is 50.1 Å². The van der Waals surface area contributed by atoms with Crippen LogP contribution in [0.15, 0.2) is 36.5 Å². The van der Waals surface area contributed by atoms with E-state index in [1.165, 1.54) is 12.3 Å². The fourth-order valence-corrected chi connectivity index (χ4v) is 4.18. The number of halogens is 1. The molecule has 1 amide bonds. The third kappa shape index (κ3) is 3.87. The van der Waals surface area contributed by atoms with Gasteiger partial charge in [0.25, 0.3) is 5.91 Å². The molecule has 1 saturated heterocycles. The van der Waals surface area contributed by atoms with Gasteiger partial charge in [0.1, 0.15) is 17.5 Å². The number of β-amino-alcohol motifs (C(OH)–C–C–N with tert-alkyl or cyclic N) is 1. The molecule has 1 atom stereocenters. The highest BCUT2D eigenvalue weighted by Gasteiger charge is 2.36. The van der Waals surface area contributed by atoms with Crippen LogP contribution in [-0.2, 0) is 7.05 Å². The Bertz CT molecular complexity index is 1080. The number of benzene rings is 1. The van der Waals surface area contributed by atoms with Crippen LogP contribution < -0.4 is 4.90 Å². The number of carbonyl (C=O) groups excluding carboxylic acids is 1. The predicted molar refractivity (Wildman–Crippen MR) is 113 cm³/mol. The summed E-state index contributed by atoms with van der Waals surface area (Å²) in [5, 5.41) is 11.2. The van der Waals surface area contributed by atoms with E-state index in [0.717, 1.165) is 29.8 Å². The minimum absolute atomic E-state index is 0.161. The fourth-order valence-electron chi connectivity index (χ4n) is 4.18. The Morgan fingerprint density at radius 3 is 2.87 bits per heavy atom. The summed E-state index contributed by atoms with van der Waals surface area (Å²) in [6.45, 7) is 3.19. The van der Waals surface area contributed by atoms with Crippen molar-refractivity contribution in [3.8, 4) is 0 Å². The van der Waals surface area contributed by atoms with Crippen molar-refractivity contribution in [2.75, 3.05) is 31.6 Å². The highest BCUT2D eigenvalue weighted by Crippen LogP contribution is 2.26. The standard InChI is InChI=1S/C22H26FN5O2/c1-15-25-18-11-16(5-7-19(18)27(15)3)21(29)26(2)13-22(30)9-4-10-28(14-22)20-8-6-17(23)12-24-20/h5-8,11-12,30H,4,9-10,13-14H2,1-3H3/t22-/m1/s1. The van der Waals surface area contributed by atoms with E-state index in [4.69, 9.17) is 0 Å². The summed E-state index contributed by atoms with van der Waals surface area (Å²) in [5.41, 5.74) is 1.23. The maximum Gasteiger partial charge on any atom is 0.253 e. The van der Waals surface area contributed by atoms with Crippen LogP contribution in [0.5, 0.6) is 0 Å². The Labute approximate surface area is 174 Å². The SMILES string of the molecule is Cc1nc2cc(C(=O)N(C)C[C@]3(O)CCCN(c4ccc(F)cn4)C3)ccc2n1C. The molecule has 1 aliphatic rings. The van der Waals surface area contributed by atoms with Crippen molar-refractivity contribution in [2.45, 2.75) is 25.4 Å². The predicted octanol–water partition coefficient (Wildman–Crippen LogP) is 2.52. The molecule has 3 heterocycles. The molecule has 0 bridgehead atoms. The summed E-state index contributed by atoms with van der Waals surface area (Å²) >= 11 is 0. The molecule has 1 N–H and O–H groups in total. The van der Waals surface area contributed by atoms with E-state index in [-0.39, 0.29) is 12.5 Å². The number of hydrogen-bond acceptors (Lipinski definition) is 5. The van der Waals surface area contributed by atoms with Gasteiger partial charge in [-0.15, -0.1) is 0 Å². The Morgan fingerprint density at radius 2 is 2.13 bits per heavy atom. The zero-order valence-electron chi connectivity index (χ0n) is 17.5. The number of rotatable bonds is 4. The second kappa shape index (κ2) is 7.68. The third-order valence-corrected chi connectivity index (χ3v) is 5.82. The van der Waals surface area contributed by atoms with E-state index in [1.807, 2.05) is 29.5 Å². The van der Waals surface area contributed by atoms with Gasteiger partial charge >= 0.3 is 0 Å². The third-order valence-electron chi connectivity index (χ3n) is 5.82. The van der Waals surface area contributed by atoms with E-state index in [0.29, 0.717) is 24.3 Å². The summed E-state index contributed by atoms with van der Waals surface area (Å²) in [5.74, 6) is 0.954. The molecule has 1 aliphatic heterocycles. The zero-order chi connectivity index (χ0) is 21.5. The molecule has 158 valence electrons. The number of fused-ring (bicyclic) bond motifs is 1. The number of aliphatic hydroxyl groups is 1. The first-order valence-electron chi connectivity index (χ1n) is 10.0.